The molecule has 0 aliphatic carbocycles. The normalized spacial score (nSPS) is 19.0. The minimum Gasteiger partial charge on any atom is -0.460 e. The summed E-state index contributed by atoms with van der Waals surface area (Å²) >= 11 is 0. The van der Waals surface area contributed by atoms with E-state index in [0.29, 0.717) is 16.9 Å². The van der Waals surface area contributed by atoms with Crippen LogP contribution in [0.5, 0.6) is 5.75 Å². The van der Waals surface area contributed by atoms with Crippen molar-refractivity contribution in [3.05, 3.63) is 71.9 Å². The van der Waals surface area contributed by atoms with Crippen LogP contribution < -0.4 is 10.1 Å². The van der Waals surface area contributed by atoms with Gasteiger partial charge in [0.25, 0.3) is 0 Å². The summed E-state index contributed by atoms with van der Waals surface area (Å²) < 4.78 is 11.0. The predicted molar refractivity (Wildman–Crippen MR) is 80.3 cm³/mol. The maximum absolute atomic E-state index is 12.5. The quantitative estimate of drug-likeness (QED) is 0.877. The Morgan fingerprint density at radius 2 is 1.81 bits per heavy atom. The van der Waals surface area contributed by atoms with Gasteiger partial charge in [-0.15, -0.1) is 0 Å². The van der Waals surface area contributed by atoms with E-state index in [2.05, 4.69) is 5.32 Å². The zero-order valence-electron chi connectivity index (χ0n) is 11.6. The number of rotatable bonds is 3. The molecule has 4 nitrogen and oxygen atoms in total. The molecule has 0 saturated carbocycles. The van der Waals surface area contributed by atoms with Crippen LogP contribution >= 0.6 is 0 Å². The minimum atomic E-state index is -0.705. The Kier molecular flexibility index (Phi) is 3.71. The molecule has 0 aromatic heterocycles. The SMILES string of the molecule is COC1Oc2ccccc2C(=O)C1=CNc1ccccc1. The Balaban J connectivity index is 1.92. The van der Waals surface area contributed by atoms with Gasteiger partial charge in [0.15, 0.2) is 5.78 Å². The maximum atomic E-state index is 12.5. The van der Waals surface area contributed by atoms with Crippen LogP contribution in [0.25, 0.3) is 0 Å². The maximum Gasteiger partial charge on any atom is 0.231 e. The van der Waals surface area contributed by atoms with Gasteiger partial charge in [0.05, 0.1) is 11.1 Å². The smallest absolute Gasteiger partial charge is 0.231 e. The van der Waals surface area contributed by atoms with Crippen molar-refractivity contribution in [2.24, 2.45) is 0 Å². The Hall–Kier alpha value is -2.59. The van der Waals surface area contributed by atoms with E-state index in [0.717, 1.165) is 5.69 Å². The summed E-state index contributed by atoms with van der Waals surface area (Å²) in [5.74, 6) is 0.457. The molecule has 0 saturated heterocycles. The van der Waals surface area contributed by atoms with E-state index >= 15 is 0 Å². The number of carbonyl (C=O) groups excluding carboxylic acids is 1. The van der Waals surface area contributed by atoms with E-state index in [4.69, 9.17) is 9.47 Å². The standard InChI is InChI=1S/C17H15NO3/c1-20-17-14(11-18-12-7-3-2-4-8-12)16(19)13-9-5-6-10-15(13)21-17/h2-11,17-18H,1H3. The van der Waals surface area contributed by atoms with Crippen molar-refractivity contribution in [1.29, 1.82) is 0 Å². The van der Waals surface area contributed by atoms with Crippen LogP contribution in [0.4, 0.5) is 5.69 Å². The fraction of sp³-hybridized carbons (Fsp3) is 0.118. The highest BCUT2D eigenvalue weighted by molar-refractivity contribution is 6.12. The molecule has 1 aliphatic rings. The number of methoxy groups -OCH3 is 1. The highest BCUT2D eigenvalue weighted by Gasteiger charge is 2.31. The summed E-state index contributed by atoms with van der Waals surface area (Å²) in [4.78, 5) is 12.5. The van der Waals surface area contributed by atoms with Gasteiger partial charge in [0.1, 0.15) is 5.75 Å². The summed E-state index contributed by atoms with van der Waals surface area (Å²) in [5, 5.41) is 3.10. The average Bonchev–Trinajstić information content (AvgIpc) is 2.55. The number of Topliss-reactive ketones (excluding diaryl/α,β-unsaturated/α-hetero) is 1. The van der Waals surface area contributed by atoms with E-state index in [1.807, 2.05) is 42.5 Å². The van der Waals surface area contributed by atoms with Crippen molar-refractivity contribution in [2.45, 2.75) is 6.29 Å². The molecular weight excluding hydrogens is 266 g/mol. The molecule has 2 aromatic rings. The number of benzene rings is 2. The summed E-state index contributed by atoms with van der Waals surface area (Å²) in [6, 6.07) is 16.8. The molecule has 0 radical (unpaired) electrons. The third-order valence-electron chi connectivity index (χ3n) is 3.26. The van der Waals surface area contributed by atoms with Crippen LogP contribution in [0.3, 0.4) is 0 Å². The molecule has 21 heavy (non-hydrogen) atoms. The van der Waals surface area contributed by atoms with Crippen molar-refractivity contribution in [3.63, 3.8) is 0 Å². The lowest BCUT2D eigenvalue weighted by atomic mass is 10.00. The lowest BCUT2D eigenvalue weighted by Crippen LogP contribution is -2.32. The van der Waals surface area contributed by atoms with Gasteiger partial charge in [-0.25, -0.2) is 0 Å². The van der Waals surface area contributed by atoms with Gasteiger partial charge < -0.3 is 14.8 Å². The van der Waals surface area contributed by atoms with E-state index in [9.17, 15) is 4.79 Å². The van der Waals surface area contributed by atoms with Crippen LogP contribution in [0.2, 0.25) is 0 Å². The third kappa shape index (κ3) is 2.66. The second kappa shape index (κ2) is 5.81. The zero-order chi connectivity index (χ0) is 14.7. The number of ether oxygens (including phenoxy) is 2. The number of hydrogen-bond acceptors (Lipinski definition) is 4. The summed E-state index contributed by atoms with van der Waals surface area (Å²) in [7, 11) is 1.52. The van der Waals surface area contributed by atoms with Gasteiger partial charge in [0, 0.05) is 19.0 Å². The number of nitrogens with one attached hydrogen (secondary N) is 1. The van der Waals surface area contributed by atoms with Gasteiger partial charge in [-0.1, -0.05) is 30.3 Å². The van der Waals surface area contributed by atoms with Crippen LogP contribution in [0.1, 0.15) is 10.4 Å². The van der Waals surface area contributed by atoms with Gasteiger partial charge in [0.2, 0.25) is 6.29 Å². The van der Waals surface area contributed by atoms with E-state index < -0.39 is 6.29 Å². The highest BCUT2D eigenvalue weighted by Crippen LogP contribution is 2.30. The van der Waals surface area contributed by atoms with Gasteiger partial charge in [-0.3, -0.25) is 4.79 Å². The van der Waals surface area contributed by atoms with E-state index in [1.165, 1.54) is 7.11 Å². The number of anilines is 1. The van der Waals surface area contributed by atoms with Crippen LogP contribution in [-0.4, -0.2) is 19.2 Å². The third-order valence-corrected chi connectivity index (χ3v) is 3.26. The number of hydrogen-bond donors (Lipinski definition) is 1. The lowest BCUT2D eigenvalue weighted by Gasteiger charge is -2.26. The summed E-state index contributed by atoms with van der Waals surface area (Å²) in [6.07, 6.45) is 0.936. The molecule has 1 aliphatic heterocycles. The number of ketones is 1. The number of fused-ring (bicyclic) bond motifs is 1. The highest BCUT2D eigenvalue weighted by atomic mass is 16.7. The second-order valence-corrected chi connectivity index (χ2v) is 4.62. The molecule has 1 N–H and O–H groups in total. The molecule has 0 fully saturated rings. The Labute approximate surface area is 123 Å². The predicted octanol–water partition coefficient (Wildman–Crippen LogP) is 3.23. The second-order valence-electron chi connectivity index (χ2n) is 4.62. The first-order valence-electron chi connectivity index (χ1n) is 6.64. The first-order valence-corrected chi connectivity index (χ1v) is 6.64. The fourth-order valence-electron chi connectivity index (χ4n) is 2.20. The van der Waals surface area contributed by atoms with Crippen molar-refractivity contribution in [2.75, 3.05) is 12.4 Å². The molecule has 0 spiro atoms. The average molecular weight is 281 g/mol. The summed E-state index contributed by atoms with van der Waals surface area (Å²) in [5.41, 5.74) is 1.89. The molecule has 0 amide bonds. The van der Waals surface area contributed by atoms with Gasteiger partial charge >= 0.3 is 0 Å². The Morgan fingerprint density at radius 1 is 1.10 bits per heavy atom. The monoisotopic (exact) mass is 281 g/mol. The summed E-state index contributed by atoms with van der Waals surface area (Å²) in [6.45, 7) is 0. The van der Waals surface area contributed by atoms with Crippen LogP contribution in [0.15, 0.2) is 66.4 Å². The van der Waals surface area contributed by atoms with Crippen LogP contribution in [0, 0.1) is 0 Å². The Bertz CT molecular complexity index is 679. The van der Waals surface area contributed by atoms with E-state index in [-0.39, 0.29) is 5.78 Å². The molecule has 2 aromatic carbocycles. The lowest BCUT2D eigenvalue weighted by molar-refractivity contribution is -0.0283. The first kappa shape index (κ1) is 13.4. The molecule has 1 heterocycles. The van der Waals surface area contributed by atoms with E-state index in [1.54, 1.807) is 18.3 Å². The first-order chi connectivity index (χ1) is 10.3. The minimum absolute atomic E-state index is 0.0906. The Morgan fingerprint density at radius 3 is 2.57 bits per heavy atom. The molecule has 3 rings (SSSR count). The molecule has 1 atom stereocenters. The fourth-order valence-corrected chi connectivity index (χ4v) is 2.20. The number of para-hydroxylation sites is 2. The van der Waals surface area contributed by atoms with Gasteiger partial charge in [-0.2, -0.15) is 0 Å². The number of carbonyl (C=O) groups is 1. The topological polar surface area (TPSA) is 47.6 Å². The van der Waals surface area contributed by atoms with Crippen molar-refractivity contribution in [3.8, 4) is 5.75 Å². The van der Waals surface area contributed by atoms with Crippen molar-refractivity contribution >= 4 is 11.5 Å². The van der Waals surface area contributed by atoms with Crippen molar-refractivity contribution < 1.29 is 14.3 Å². The van der Waals surface area contributed by atoms with Crippen LogP contribution in [-0.2, 0) is 4.74 Å². The van der Waals surface area contributed by atoms with Crippen molar-refractivity contribution in [1.82, 2.24) is 0 Å². The molecular formula is C17H15NO3. The largest absolute Gasteiger partial charge is 0.460 e. The molecule has 0 bridgehead atoms. The zero-order valence-corrected chi connectivity index (χ0v) is 11.6. The molecule has 106 valence electrons. The molecule has 1 unspecified atom stereocenters. The van der Waals surface area contributed by atoms with Gasteiger partial charge in [-0.05, 0) is 24.3 Å². The molecule has 4 heteroatoms.